The van der Waals surface area contributed by atoms with Crippen LogP contribution in [0.1, 0.15) is 37.7 Å². The van der Waals surface area contributed by atoms with Crippen molar-refractivity contribution >= 4 is 21.5 Å². The second-order valence-corrected chi connectivity index (χ2v) is 8.66. The van der Waals surface area contributed by atoms with Gasteiger partial charge in [-0.3, -0.25) is 4.72 Å². The third-order valence-corrected chi connectivity index (χ3v) is 6.05. The van der Waals surface area contributed by atoms with Crippen LogP contribution in [0.15, 0.2) is 48.7 Å². The molecule has 1 aromatic heterocycles. The molecular weight excluding hydrogens is 346 g/mol. The summed E-state index contributed by atoms with van der Waals surface area (Å²) in [5.41, 5.74) is 1.69. The van der Waals surface area contributed by atoms with Gasteiger partial charge in [-0.05, 0) is 43.4 Å². The highest BCUT2D eigenvalue weighted by Gasteiger charge is 2.13. The van der Waals surface area contributed by atoms with E-state index in [-0.39, 0.29) is 5.75 Å². The average Bonchev–Trinajstić information content (AvgIpc) is 2.92. The Morgan fingerprint density at radius 3 is 2.35 bits per heavy atom. The number of rotatable bonds is 7. The van der Waals surface area contributed by atoms with Gasteiger partial charge >= 0.3 is 0 Å². The molecule has 1 N–H and O–H groups in total. The Morgan fingerprint density at radius 2 is 1.69 bits per heavy atom. The zero-order chi connectivity index (χ0) is 18.2. The van der Waals surface area contributed by atoms with Crippen LogP contribution in [-0.4, -0.2) is 32.2 Å². The minimum atomic E-state index is -3.35. The van der Waals surface area contributed by atoms with E-state index in [9.17, 15) is 8.42 Å². The molecule has 140 valence electrons. The molecule has 2 heterocycles. The number of aromatic nitrogens is 1. The fourth-order valence-corrected chi connectivity index (χ4v) is 4.38. The van der Waals surface area contributed by atoms with Gasteiger partial charge in [-0.15, -0.1) is 0 Å². The van der Waals surface area contributed by atoms with Gasteiger partial charge in [0.25, 0.3) is 0 Å². The van der Waals surface area contributed by atoms with Gasteiger partial charge in [-0.1, -0.05) is 43.2 Å². The van der Waals surface area contributed by atoms with Crippen molar-refractivity contribution in [1.82, 2.24) is 4.98 Å². The lowest BCUT2D eigenvalue weighted by atomic mass is 10.1. The number of anilines is 2. The smallest absolute Gasteiger partial charge is 0.232 e. The summed E-state index contributed by atoms with van der Waals surface area (Å²) in [6.45, 7) is 2.05. The van der Waals surface area contributed by atoms with Crippen LogP contribution in [0.5, 0.6) is 0 Å². The zero-order valence-corrected chi connectivity index (χ0v) is 15.9. The van der Waals surface area contributed by atoms with Crippen LogP contribution in [0.2, 0.25) is 0 Å². The molecule has 0 radical (unpaired) electrons. The first-order chi connectivity index (χ1) is 12.6. The van der Waals surface area contributed by atoms with Crippen molar-refractivity contribution in [1.29, 1.82) is 0 Å². The van der Waals surface area contributed by atoms with Gasteiger partial charge in [0.2, 0.25) is 10.0 Å². The summed E-state index contributed by atoms with van der Waals surface area (Å²) in [6, 6.07) is 13.7. The lowest BCUT2D eigenvalue weighted by Crippen LogP contribution is -2.25. The maximum absolute atomic E-state index is 12.3. The molecule has 1 fully saturated rings. The van der Waals surface area contributed by atoms with Crippen LogP contribution >= 0.6 is 0 Å². The van der Waals surface area contributed by atoms with E-state index in [2.05, 4.69) is 14.6 Å². The van der Waals surface area contributed by atoms with E-state index in [0.717, 1.165) is 30.9 Å². The first-order valence-electron chi connectivity index (χ1n) is 9.38. The molecule has 6 heteroatoms. The first kappa shape index (κ1) is 18.7. The summed E-state index contributed by atoms with van der Waals surface area (Å²) in [5, 5.41) is 0. The molecule has 0 amide bonds. The fourth-order valence-electron chi connectivity index (χ4n) is 3.27. The van der Waals surface area contributed by atoms with E-state index in [0.29, 0.717) is 12.1 Å². The lowest BCUT2D eigenvalue weighted by molar-refractivity contribution is 0.598. The highest BCUT2D eigenvalue weighted by atomic mass is 32.2. The number of sulfonamides is 1. The minimum Gasteiger partial charge on any atom is -0.357 e. The molecule has 1 aliphatic rings. The fraction of sp³-hybridized carbons (Fsp3) is 0.450. The highest BCUT2D eigenvalue weighted by molar-refractivity contribution is 7.92. The predicted molar refractivity (Wildman–Crippen MR) is 107 cm³/mol. The Bertz CT molecular complexity index is 768. The molecule has 5 nitrogen and oxygen atoms in total. The van der Waals surface area contributed by atoms with Gasteiger partial charge in [-0.25, -0.2) is 13.4 Å². The van der Waals surface area contributed by atoms with E-state index >= 15 is 0 Å². The normalized spacial score (nSPS) is 15.5. The molecule has 3 rings (SSSR count). The van der Waals surface area contributed by atoms with Crippen LogP contribution < -0.4 is 9.62 Å². The second-order valence-electron chi connectivity index (χ2n) is 6.82. The molecule has 2 aromatic rings. The van der Waals surface area contributed by atoms with Crippen molar-refractivity contribution in [2.45, 2.75) is 38.5 Å². The molecule has 0 aliphatic carbocycles. The number of aryl methyl sites for hydroxylation is 1. The minimum absolute atomic E-state index is 0.107. The SMILES string of the molecule is O=S(=O)(CCCc1ccccc1)Nc1ccc(N2CCCCCC2)nc1. The third kappa shape index (κ3) is 5.73. The van der Waals surface area contributed by atoms with Gasteiger partial charge in [0.15, 0.2) is 0 Å². The van der Waals surface area contributed by atoms with Crippen LogP contribution in [0, 0.1) is 0 Å². The van der Waals surface area contributed by atoms with E-state index in [4.69, 9.17) is 0 Å². The first-order valence-corrected chi connectivity index (χ1v) is 11.0. The topological polar surface area (TPSA) is 62.3 Å². The van der Waals surface area contributed by atoms with E-state index in [1.165, 1.54) is 25.7 Å². The van der Waals surface area contributed by atoms with E-state index < -0.39 is 10.0 Å². The summed E-state index contributed by atoms with van der Waals surface area (Å²) in [7, 11) is -3.35. The summed E-state index contributed by atoms with van der Waals surface area (Å²) in [5.74, 6) is 1.04. The molecule has 1 aromatic carbocycles. The summed E-state index contributed by atoms with van der Waals surface area (Å²) < 4.78 is 27.2. The number of benzene rings is 1. The van der Waals surface area contributed by atoms with E-state index in [1.54, 1.807) is 6.20 Å². The predicted octanol–water partition coefficient (Wildman–Crippen LogP) is 3.84. The Labute approximate surface area is 156 Å². The number of nitrogens with zero attached hydrogens (tertiary/aromatic N) is 2. The van der Waals surface area contributed by atoms with Gasteiger partial charge in [0, 0.05) is 13.1 Å². The van der Waals surface area contributed by atoms with Gasteiger partial charge < -0.3 is 4.90 Å². The van der Waals surface area contributed by atoms with Crippen LogP contribution in [0.25, 0.3) is 0 Å². The quantitative estimate of drug-likeness (QED) is 0.801. The van der Waals surface area contributed by atoms with Gasteiger partial charge in [0.1, 0.15) is 5.82 Å². The number of pyridine rings is 1. The molecule has 0 spiro atoms. The van der Waals surface area contributed by atoms with Gasteiger partial charge in [-0.2, -0.15) is 0 Å². The maximum atomic E-state index is 12.3. The Balaban J connectivity index is 1.52. The molecule has 0 bridgehead atoms. The Hall–Kier alpha value is -2.08. The van der Waals surface area contributed by atoms with Crippen molar-refractivity contribution in [2.75, 3.05) is 28.5 Å². The number of hydrogen-bond acceptors (Lipinski definition) is 4. The molecule has 0 unspecified atom stereocenters. The van der Waals surface area contributed by atoms with Crippen molar-refractivity contribution in [3.8, 4) is 0 Å². The van der Waals surface area contributed by atoms with Crippen molar-refractivity contribution < 1.29 is 8.42 Å². The third-order valence-electron chi connectivity index (χ3n) is 4.67. The number of nitrogens with one attached hydrogen (secondary N) is 1. The second kappa shape index (κ2) is 9.03. The van der Waals surface area contributed by atoms with E-state index in [1.807, 2.05) is 42.5 Å². The summed E-state index contributed by atoms with van der Waals surface area (Å²) in [4.78, 5) is 6.74. The molecule has 26 heavy (non-hydrogen) atoms. The largest absolute Gasteiger partial charge is 0.357 e. The highest BCUT2D eigenvalue weighted by Crippen LogP contribution is 2.19. The molecule has 1 aliphatic heterocycles. The standard InChI is InChI=1S/C20H27N3O2S/c24-26(25,16-8-11-18-9-4-3-5-10-18)22-19-12-13-20(21-17-19)23-14-6-1-2-7-15-23/h3-5,9-10,12-13,17,22H,1-2,6-8,11,14-16H2. The monoisotopic (exact) mass is 373 g/mol. The van der Waals surface area contributed by atoms with Crippen LogP contribution in [0.4, 0.5) is 11.5 Å². The van der Waals surface area contributed by atoms with Crippen molar-refractivity contribution in [3.05, 3.63) is 54.2 Å². The molecule has 0 saturated carbocycles. The average molecular weight is 374 g/mol. The van der Waals surface area contributed by atoms with Crippen LogP contribution in [-0.2, 0) is 16.4 Å². The molecular formula is C20H27N3O2S. The van der Waals surface area contributed by atoms with Gasteiger partial charge in [0.05, 0.1) is 17.6 Å². The van der Waals surface area contributed by atoms with Crippen molar-refractivity contribution in [2.24, 2.45) is 0 Å². The van der Waals surface area contributed by atoms with Crippen molar-refractivity contribution in [3.63, 3.8) is 0 Å². The lowest BCUT2D eigenvalue weighted by Gasteiger charge is -2.21. The molecule has 1 saturated heterocycles. The number of hydrogen-bond donors (Lipinski definition) is 1. The molecule has 0 atom stereocenters. The van der Waals surface area contributed by atoms with Crippen LogP contribution in [0.3, 0.4) is 0 Å². The maximum Gasteiger partial charge on any atom is 0.232 e. The summed E-state index contributed by atoms with van der Waals surface area (Å²) in [6.07, 6.45) is 7.91. The Kier molecular flexibility index (Phi) is 6.50. The summed E-state index contributed by atoms with van der Waals surface area (Å²) >= 11 is 0. The zero-order valence-electron chi connectivity index (χ0n) is 15.1. The Morgan fingerprint density at radius 1 is 0.962 bits per heavy atom.